The zero-order chi connectivity index (χ0) is 17.1. The summed E-state index contributed by atoms with van der Waals surface area (Å²) in [4.78, 5) is 12.1. The number of halogens is 3. The van der Waals surface area contributed by atoms with Crippen molar-refractivity contribution >= 4 is 17.5 Å². The number of rotatable bonds is 4. The summed E-state index contributed by atoms with van der Waals surface area (Å²) in [5.41, 5.74) is 1.75. The minimum atomic E-state index is -0.709. The Kier molecular flexibility index (Phi) is 4.57. The predicted molar refractivity (Wildman–Crippen MR) is 86.6 cm³/mol. The average Bonchev–Trinajstić information content (AvgIpc) is 3.04. The SMILES string of the molecule is O=C(NCc1ccc(F)cc1F)c1cc(-c2cccc(Cl)c2)n[nH]1. The van der Waals surface area contributed by atoms with E-state index in [4.69, 9.17) is 11.6 Å². The minimum Gasteiger partial charge on any atom is -0.347 e. The van der Waals surface area contributed by atoms with E-state index in [0.717, 1.165) is 17.7 Å². The maximum atomic E-state index is 13.5. The molecule has 0 aliphatic heterocycles. The highest BCUT2D eigenvalue weighted by Gasteiger charge is 2.12. The zero-order valence-electron chi connectivity index (χ0n) is 12.3. The number of H-pyrrole nitrogens is 1. The van der Waals surface area contributed by atoms with Gasteiger partial charge in [-0.15, -0.1) is 0 Å². The molecule has 0 fully saturated rings. The maximum absolute atomic E-state index is 13.5. The molecule has 2 N–H and O–H groups in total. The third-order valence-electron chi connectivity index (χ3n) is 3.40. The predicted octanol–water partition coefficient (Wildman–Crippen LogP) is 3.94. The van der Waals surface area contributed by atoms with E-state index in [-0.39, 0.29) is 17.8 Å². The van der Waals surface area contributed by atoms with Crippen molar-refractivity contribution in [2.24, 2.45) is 0 Å². The van der Waals surface area contributed by atoms with Crippen molar-refractivity contribution in [1.29, 1.82) is 0 Å². The van der Waals surface area contributed by atoms with Gasteiger partial charge in [0.05, 0.1) is 5.69 Å². The Morgan fingerprint density at radius 2 is 2.00 bits per heavy atom. The molecular formula is C17H12ClF2N3O. The summed E-state index contributed by atoms with van der Waals surface area (Å²) >= 11 is 5.93. The van der Waals surface area contributed by atoms with Gasteiger partial charge in [-0.1, -0.05) is 29.8 Å². The van der Waals surface area contributed by atoms with Crippen LogP contribution in [0.2, 0.25) is 5.02 Å². The molecule has 0 aliphatic rings. The molecule has 7 heteroatoms. The molecule has 0 saturated heterocycles. The van der Waals surface area contributed by atoms with Crippen molar-refractivity contribution < 1.29 is 13.6 Å². The van der Waals surface area contributed by atoms with Crippen LogP contribution < -0.4 is 5.32 Å². The number of amides is 1. The third-order valence-corrected chi connectivity index (χ3v) is 3.63. The van der Waals surface area contributed by atoms with Crippen LogP contribution in [0.4, 0.5) is 8.78 Å². The molecule has 3 aromatic rings. The van der Waals surface area contributed by atoms with Gasteiger partial charge in [0.15, 0.2) is 0 Å². The van der Waals surface area contributed by atoms with Gasteiger partial charge in [0, 0.05) is 28.8 Å². The number of hydrogen-bond donors (Lipinski definition) is 2. The van der Waals surface area contributed by atoms with E-state index in [1.54, 1.807) is 24.3 Å². The lowest BCUT2D eigenvalue weighted by Gasteiger charge is -2.05. The van der Waals surface area contributed by atoms with Crippen LogP contribution in [0, 0.1) is 11.6 Å². The maximum Gasteiger partial charge on any atom is 0.269 e. The second-order valence-electron chi connectivity index (χ2n) is 5.10. The fraction of sp³-hybridized carbons (Fsp3) is 0.0588. The van der Waals surface area contributed by atoms with Crippen molar-refractivity contribution in [3.63, 3.8) is 0 Å². The quantitative estimate of drug-likeness (QED) is 0.751. The van der Waals surface area contributed by atoms with Crippen LogP contribution in [-0.2, 0) is 6.54 Å². The van der Waals surface area contributed by atoms with Crippen LogP contribution in [-0.4, -0.2) is 16.1 Å². The summed E-state index contributed by atoms with van der Waals surface area (Å²) in [6.07, 6.45) is 0. The van der Waals surface area contributed by atoms with Gasteiger partial charge in [-0.05, 0) is 24.3 Å². The Hall–Kier alpha value is -2.73. The molecule has 0 aliphatic carbocycles. The molecule has 0 bridgehead atoms. The molecule has 122 valence electrons. The Bertz CT molecular complexity index is 895. The molecule has 1 heterocycles. The van der Waals surface area contributed by atoms with Gasteiger partial charge < -0.3 is 5.32 Å². The zero-order valence-corrected chi connectivity index (χ0v) is 13.1. The fourth-order valence-electron chi connectivity index (χ4n) is 2.17. The molecule has 0 unspecified atom stereocenters. The van der Waals surface area contributed by atoms with Crippen LogP contribution in [0.1, 0.15) is 16.1 Å². The normalized spacial score (nSPS) is 10.6. The van der Waals surface area contributed by atoms with Crippen LogP contribution in [0.25, 0.3) is 11.3 Å². The number of carbonyl (C=O) groups is 1. The van der Waals surface area contributed by atoms with Crippen LogP contribution in [0.3, 0.4) is 0 Å². The monoisotopic (exact) mass is 347 g/mol. The van der Waals surface area contributed by atoms with Crippen LogP contribution in [0.5, 0.6) is 0 Å². The first-order chi connectivity index (χ1) is 11.5. The van der Waals surface area contributed by atoms with Crippen molar-refractivity contribution in [2.45, 2.75) is 6.54 Å². The Balaban J connectivity index is 1.70. The molecule has 0 atom stereocenters. The number of hydrogen-bond acceptors (Lipinski definition) is 2. The summed E-state index contributed by atoms with van der Waals surface area (Å²) in [6, 6.07) is 11.8. The Morgan fingerprint density at radius 1 is 1.17 bits per heavy atom. The first kappa shape index (κ1) is 16.1. The van der Waals surface area contributed by atoms with Crippen molar-refractivity contribution in [2.75, 3.05) is 0 Å². The number of benzene rings is 2. The average molecular weight is 348 g/mol. The van der Waals surface area contributed by atoms with Gasteiger partial charge in [0.2, 0.25) is 0 Å². The first-order valence-corrected chi connectivity index (χ1v) is 7.44. The molecule has 2 aromatic carbocycles. The number of aromatic amines is 1. The van der Waals surface area contributed by atoms with E-state index < -0.39 is 17.5 Å². The van der Waals surface area contributed by atoms with Gasteiger partial charge >= 0.3 is 0 Å². The van der Waals surface area contributed by atoms with Gasteiger partial charge in [-0.25, -0.2) is 8.78 Å². The summed E-state index contributed by atoms with van der Waals surface area (Å²) in [5.74, 6) is -1.82. The molecule has 0 radical (unpaired) electrons. The summed E-state index contributed by atoms with van der Waals surface area (Å²) in [7, 11) is 0. The summed E-state index contributed by atoms with van der Waals surface area (Å²) in [6.45, 7) is -0.0591. The second kappa shape index (κ2) is 6.80. The molecule has 24 heavy (non-hydrogen) atoms. The van der Waals surface area contributed by atoms with Crippen molar-refractivity contribution in [3.05, 3.63) is 76.4 Å². The van der Waals surface area contributed by atoms with Crippen molar-refractivity contribution in [1.82, 2.24) is 15.5 Å². The molecule has 0 spiro atoms. The van der Waals surface area contributed by atoms with E-state index in [9.17, 15) is 13.6 Å². The largest absolute Gasteiger partial charge is 0.347 e. The number of carbonyl (C=O) groups excluding carboxylic acids is 1. The second-order valence-corrected chi connectivity index (χ2v) is 5.53. The highest BCUT2D eigenvalue weighted by atomic mass is 35.5. The minimum absolute atomic E-state index is 0.0591. The van der Waals surface area contributed by atoms with E-state index in [2.05, 4.69) is 15.5 Å². The molecule has 4 nitrogen and oxygen atoms in total. The molecule has 1 amide bonds. The molecule has 0 saturated carbocycles. The highest BCUT2D eigenvalue weighted by Crippen LogP contribution is 2.21. The lowest BCUT2D eigenvalue weighted by molar-refractivity contribution is 0.0945. The van der Waals surface area contributed by atoms with E-state index in [1.165, 1.54) is 6.07 Å². The molecule has 3 rings (SSSR count). The van der Waals surface area contributed by atoms with Crippen LogP contribution >= 0.6 is 11.6 Å². The van der Waals surface area contributed by atoms with E-state index in [0.29, 0.717) is 10.7 Å². The van der Waals surface area contributed by atoms with Gasteiger partial charge in [0.1, 0.15) is 17.3 Å². The number of aromatic nitrogens is 2. The Morgan fingerprint density at radius 3 is 2.75 bits per heavy atom. The topological polar surface area (TPSA) is 57.8 Å². The lowest BCUT2D eigenvalue weighted by Crippen LogP contribution is -2.23. The molecule has 1 aromatic heterocycles. The lowest BCUT2D eigenvalue weighted by atomic mass is 10.1. The summed E-state index contributed by atoms with van der Waals surface area (Å²) in [5, 5.41) is 9.81. The Labute approximate surface area is 141 Å². The highest BCUT2D eigenvalue weighted by molar-refractivity contribution is 6.30. The van der Waals surface area contributed by atoms with Crippen molar-refractivity contribution in [3.8, 4) is 11.3 Å². The number of nitrogens with one attached hydrogen (secondary N) is 2. The summed E-state index contributed by atoms with van der Waals surface area (Å²) < 4.78 is 26.4. The smallest absolute Gasteiger partial charge is 0.269 e. The molecular weight excluding hydrogens is 336 g/mol. The third kappa shape index (κ3) is 3.60. The standard InChI is InChI=1S/C17H12ClF2N3O/c18-12-3-1-2-10(6-12)15-8-16(23-22-15)17(24)21-9-11-4-5-13(19)7-14(11)20/h1-8H,9H2,(H,21,24)(H,22,23). The van der Waals surface area contributed by atoms with Gasteiger partial charge in [-0.3, -0.25) is 9.89 Å². The van der Waals surface area contributed by atoms with E-state index >= 15 is 0 Å². The number of nitrogens with zero attached hydrogens (tertiary/aromatic N) is 1. The van der Waals surface area contributed by atoms with Gasteiger partial charge in [0.25, 0.3) is 5.91 Å². The van der Waals surface area contributed by atoms with Crippen LogP contribution in [0.15, 0.2) is 48.5 Å². The fourth-order valence-corrected chi connectivity index (χ4v) is 2.36. The van der Waals surface area contributed by atoms with E-state index in [1.807, 2.05) is 6.07 Å². The first-order valence-electron chi connectivity index (χ1n) is 7.06. The van der Waals surface area contributed by atoms with Gasteiger partial charge in [-0.2, -0.15) is 5.10 Å².